The molecule has 0 spiro atoms. The van der Waals surface area contributed by atoms with Gasteiger partial charge in [-0.15, -0.1) is 0 Å². The highest BCUT2D eigenvalue weighted by molar-refractivity contribution is 7.97. The predicted molar refractivity (Wildman–Crippen MR) is 70.9 cm³/mol. The molecule has 9 heteroatoms. The van der Waals surface area contributed by atoms with E-state index >= 15 is 0 Å². The fourth-order valence-corrected chi connectivity index (χ4v) is 5.75. The van der Waals surface area contributed by atoms with Gasteiger partial charge in [0.1, 0.15) is 5.25 Å². The second-order valence-electron chi connectivity index (χ2n) is 4.65. The summed E-state index contributed by atoms with van der Waals surface area (Å²) in [6.07, 6.45) is -3.50. The summed E-state index contributed by atoms with van der Waals surface area (Å²) in [5.74, 6) is -1.04. The summed E-state index contributed by atoms with van der Waals surface area (Å²) in [7, 11) is -7.49. The van der Waals surface area contributed by atoms with Crippen molar-refractivity contribution in [2.24, 2.45) is 0 Å². The molecule has 1 heterocycles. The maximum atomic E-state index is 12.5. The minimum atomic E-state index is -4.53. The van der Waals surface area contributed by atoms with Crippen LogP contribution in [0.3, 0.4) is 0 Å². The van der Waals surface area contributed by atoms with E-state index < -0.39 is 48.2 Å². The smallest absolute Gasteiger partial charge is 0.228 e. The molecule has 4 nitrogen and oxygen atoms in total. The van der Waals surface area contributed by atoms with Crippen molar-refractivity contribution in [2.45, 2.75) is 11.4 Å². The number of alkyl halides is 3. The molecule has 0 bridgehead atoms. The molecule has 1 aromatic rings. The van der Waals surface area contributed by atoms with Gasteiger partial charge in [-0.1, -0.05) is 18.2 Å². The molecule has 0 saturated carbocycles. The third kappa shape index (κ3) is 3.65. The zero-order valence-corrected chi connectivity index (χ0v) is 12.2. The number of rotatable bonds is 1. The normalized spacial score (nSPS) is 24.4. The second-order valence-corrected chi connectivity index (χ2v) is 8.82. The van der Waals surface area contributed by atoms with Crippen LogP contribution in [0.4, 0.5) is 13.2 Å². The first kappa shape index (κ1) is 16.0. The number of hydrogen-bond donors (Lipinski definition) is 0. The van der Waals surface area contributed by atoms with E-state index in [2.05, 4.69) is 0 Å². The fraction of sp³-hybridized carbons (Fsp3) is 0.333. The van der Waals surface area contributed by atoms with Crippen LogP contribution < -0.4 is 0 Å². The van der Waals surface area contributed by atoms with Crippen molar-refractivity contribution in [1.29, 1.82) is 0 Å². The molecule has 2 rings (SSSR count). The number of halogens is 3. The fourth-order valence-electron chi connectivity index (χ4n) is 1.98. The predicted octanol–water partition coefficient (Wildman–Crippen LogP) is 2.10. The van der Waals surface area contributed by atoms with Crippen molar-refractivity contribution < 1.29 is 30.0 Å². The van der Waals surface area contributed by atoms with Gasteiger partial charge >= 0.3 is 6.18 Å². The van der Waals surface area contributed by atoms with Crippen LogP contribution in [0.1, 0.15) is 16.4 Å². The quantitative estimate of drug-likeness (QED) is 0.785. The number of hydrogen-bond acceptors (Lipinski definition) is 4. The molecule has 0 amide bonds. The highest BCUT2D eigenvalue weighted by Crippen LogP contribution is 2.33. The van der Waals surface area contributed by atoms with E-state index in [0.29, 0.717) is 0 Å². The second kappa shape index (κ2) is 5.13. The van der Waals surface area contributed by atoms with Crippen molar-refractivity contribution in [3.05, 3.63) is 46.9 Å². The molecule has 1 aliphatic rings. The lowest BCUT2D eigenvalue weighted by atomic mass is 10.1. The third-order valence-corrected chi connectivity index (χ3v) is 6.60. The lowest BCUT2D eigenvalue weighted by Crippen LogP contribution is -2.20. The summed E-state index contributed by atoms with van der Waals surface area (Å²) in [6, 6.07) is 3.48. The molecule has 1 aliphatic heterocycles. The first-order valence-electron chi connectivity index (χ1n) is 5.79. The maximum Gasteiger partial charge on any atom is 0.416 e. The SMILES string of the molecule is O=S1(=O)CC=CS(=O)(=O)C(c2ccc(C(F)(F)F)cc2)C1. The Hall–Kier alpha value is -1.35. The number of sulfone groups is 2. The molecule has 1 unspecified atom stereocenters. The summed E-state index contributed by atoms with van der Waals surface area (Å²) < 4.78 is 84.8. The van der Waals surface area contributed by atoms with Crippen LogP contribution in [0.15, 0.2) is 35.7 Å². The maximum absolute atomic E-state index is 12.5. The van der Waals surface area contributed by atoms with Gasteiger partial charge < -0.3 is 0 Å². The standard InChI is InChI=1S/C12H11F3O4S2/c13-12(14,15)10-4-2-9(3-5-10)11-8-20(16,17)6-1-7-21(11,18)19/h1-5,7,11H,6,8H2. The van der Waals surface area contributed by atoms with Crippen molar-refractivity contribution >= 4 is 19.7 Å². The average molecular weight is 340 g/mol. The summed E-state index contributed by atoms with van der Waals surface area (Å²) in [4.78, 5) is 0. The van der Waals surface area contributed by atoms with E-state index in [0.717, 1.165) is 35.7 Å². The van der Waals surface area contributed by atoms with Crippen molar-refractivity contribution in [3.63, 3.8) is 0 Å². The third-order valence-electron chi connectivity index (χ3n) is 3.05. The molecule has 1 atom stereocenters. The molecule has 0 radical (unpaired) electrons. The molecule has 116 valence electrons. The van der Waals surface area contributed by atoms with E-state index in [1.165, 1.54) is 0 Å². The van der Waals surface area contributed by atoms with Crippen LogP contribution in [0.5, 0.6) is 0 Å². The molecule has 0 saturated heterocycles. The van der Waals surface area contributed by atoms with Crippen molar-refractivity contribution in [2.75, 3.05) is 11.5 Å². The van der Waals surface area contributed by atoms with E-state index in [-0.39, 0.29) is 5.56 Å². The Morgan fingerprint density at radius 3 is 2.10 bits per heavy atom. The Morgan fingerprint density at radius 2 is 1.57 bits per heavy atom. The zero-order chi connectivity index (χ0) is 15.9. The molecule has 0 aliphatic carbocycles. The summed E-state index contributed by atoms with van der Waals surface area (Å²) in [5.41, 5.74) is -0.895. The highest BCUT2D eigenvalue weighted by Gasteiger charge is 2.34. The molecule has 21 heavy (non-hydrogen) atoms. The van der Waals surface area contributed by atoms with Crippen molar-refractivity contribution in [3.8, 4) is 0 Å². The van der Waals surface area contributed by atoms with Gasteiger partial charge in [-0.3, -0.25) is 0 Å². The van der Waals surface area contributed by atoms with Gasteiger partial charge in [0.25, 0.3) is 0 Å². The van der Waals surface area contributed by atoms with Gasteiger partial charge in [-0.05, 0) is 17.7 Å². The van der Waals surface area contributed by atoms with Crippen molar-refractivity contribution in [1.82, 2.24) is 0 Å². The Balaban J connectivity index is 2.46. The van der Waals surface area contributed by atoms with Gasteiger partial charge in [0, 0.05) is 5.41 Å². The molecular formula is C12H11F3O4S2. The van der Waals surface area contributed by atoms with Crippen LogP contribution >= 0.6 is 0 Å². The molecular weight excluding hydrogens is 329 g/mol. The van der Waals surface area contributed by atoms with Gasteiger partial charge in [-0.2, -0.15) is 13.2 Å². The van der Waals surface area contributed by atoms with E-state index in [1.807, 2.05) is 0 Å². The van der Waals surface area contributed by atoms with Gasteiger partial charge in [0.2, 0.25) is 0 Å². The minimum absolute atomic E-state index is 0.0260. The highest BCUT2D eigenvalue weighted by atomic mass is 32.2. The van der Waals surface area contributed by atoms with Gasteiger partial charge in [0.15, 0.2) is 19.7 Å². The Morgan fingerprint density at radius 1 is 1.00 bits per heavy atom. The van der Waals surface area contributed by atoms with E-state index in [1.54, 1.807) is 0 Å². The summed E-state index contributed by atoms with van der Waals surface area (Å²) in [5, 5.41) is -0.580. The topological polar surface area (TPSA) is 68.3 Å². The van der Waals surface area contributed by atoms with E-state index in [9.17, 15) is 30.0 Å². The largest absolute Gasteiger partial charge is 0.416 e. The summed E-state index contributed by atoms with van der Waals surface area (Å²) >= 11 is 0. The Bertz CT molecular complexity index is 760. The van der Waals surface area contributed by atoms with Gasteiger partial charge in [-0.25, -0.2) is 16.8 Å². The molecule has 1 aromatic carbocycles. The van der Waals surface area contributed by atoms with Gasteiger partial charge in [0.05, 0.1) is 17.1 Å². The van der Waals surface area contributed by atoms with Crippen LogP contribution in [0, 0.1) is 0 Å². The molecule has 0 fully saturated rings. The Labute approximate surface area is 120 Å². The zero-order valence-electron chi connectivity index (χ0n) is 10.5. The minimum Gasteiger partial charge on any atom is -0.228 e. The lowest BCUT2D eigenvalue weighted by Gasteiger charge is -2.15. The van der Waals surface area contributed by atoms with Crippen LogP contribution in [0.2, 0.25) is 0 Å². The van der Waals surface area contributed by atoms with Crippen LogP contribution in [-0.4, -0.2) is 28.3 Å². The van der Waals surface area contributed by atoms with Crippen LogP contribution in [0.25, 0.3) is 0 Å². The molecule has 0 aromatic heterocycles. The van der Waals surface area contributed by atoms with Crippen LogP contribution in [-0.2, 0) is 25.9 Å². The summed E-state index contributed by atoms with van der Waals surface area (Å²) in [6.45, 7) is 0. The Kier molecular flexibility index (Phi) is 3.92. The van der Waals surface area contributed by atoms with E-state index in [4.69, 9.17) is 0 Å². The number of benzene rings is 1. The monoisotopic (exact) mass is 340 g/mol. The molecule has 0 N–H and O–H groups in total. The lowest BCUT2D eigenvalue weighted by molar-refractivity contribution is -0.137. The average Bonchev–Trinajstić information content (AvgIpc) is 2.44. The first-order chi connectivity index (χ1) is 9.51. The first-order valence-corrected chi connectivity index (χ1v) is 9.22.